The third-order valence-corrected chi connectivity index (χ3v) is 5.32. The van der Waals surface area contributed by atoms with Gasteiger partial charge >= 0.3 is 12.1 Å². The van der Waals surface area contributed by atoms with Crippen LogP contribution in [0, 0.1) is 17.0 Å². The molecule has 2 aromatic carbocycles. The molecule has 3 rings (SSSR count). The number of nitrogens with one attached hydrogen (secondary N) is 1. The quantitative estimate of drug-likeness (QED) is 0.317. The molecular formula is C20H14F3N3O5S. The van der Waals surface area contributed by atoms with E-state index in [2.05, 4.69) is 10.3 Å². The van der Waals surface area contributed by atoms with Crippen molar-refractivity contribution in [2.24, 2.45) is 0 Å². The summed E-state index contributed by atoms with van der Waals surface area (Å²) in [6.45, 7) is 0.806. The van der Waals surface area contributed by atoms with Crippen LogP contribution in [0.25, 0.3) is 10.6 Å². The van der Waals surface area contributed by atoms with Crippen molar-refractivity contribution in [1.82, 2.24) is 4.98 Å². The number of aromatic nitrogens is 1. The fraction of sp³-hybridized carbons (Fsp3) is 0.150. The molecule has 8 nitrogen and oxygen atoms in total. The first-order chi connectivity index (χ1) is 15.1. The minimum Gasteiger partial charge on any atom is -0.451 e. The summed E-state index contributed by atoms with van der Waals surface area (Å²) in [7, 11) is 0. The summed E-state index contributed by atoms with van der Waals surface area (Å²) in [6, 6.07) is 10.8. The number of anilines is 1. The molecule has 12 heteroatoms. The lowest BCUT2D eigenvalue weighted by Gasteiger charge is -2.10. The van der Waals surface area contributed by atoms with E-state index in [9.17, 15) is 32.9 Å². The number of thiazole rings is 1. The van der Waals surface area contributed by atoms with Gasteiger partial charge in [0, 0.05) is 11.6 Å². The lowest BCUT2D eigenvalue weighted by atomic mass is 10.1. The number of hydrogen-bond donors (Lipinski definition) is 1. The highest BCUT2D eigenvalue weighted by Crippen LogP contribution is 2.35. The van der Waals surface area contributed by atoms with E-state index < -0.39 is 46.5 Å². The van der Waals surface area contributed by atoms with Gasteiger partial charge in [0.15, 0.2) is 6.61 Å². The molecule has 1 N–H and O–H groups in total. The average molecular weight is 465 g/mol. The summed E-state index contributed by atoms with van der Waals surface area (Å²) >= 11 is 1.07. The zero-order valence-electron chi connectivity index (χ0n) is 16.3. The maximum Gasteiger partial charge on any atom is 0.416 e. The van der Waals surface area contributed by atoms with Crippen molar-refractivity contribution in [1.29, 1.82) is 0 Å². The number of amides is 1. The Labute approximate surface area is 182 Å². The molecule has 0 saturated carbocycles. The van der Waals surface area contributed by atoms with Crippen molar-refractivity contribution < 1.29 is 32.4 Å². The van der Waals surface area contributed by atoms with E-state index in [4.69, 9.17) is 4.74 Å². The second-order valence-corrected chi connectivity index (χ2v) is 7.41. The molecule has 0 bridgehead atoms. The number of ether oxygens (including phenoxy) is 1. The number of alkyl halides is 3. The van der Waals surface area contributed by atoms with Gasteiger partial charge in [0.25, 0.3) is 11.6 Å². The van der Waals surface area contributed by atoms with Gasteiger partial charge in [-0.1, -0.05) is 30.3 Å². The van der Waals surface area contributed by atoms with Gasteiger partial charge in [0.1, 0.15) is 15.6 Å². The number of carbonyl (C=O) groups is 2. The summed E-state index contributed by atoms with van der Waals surface area (Å²) < 4.78 is 43.2. The zero-order chi connectivity index (χ0) is 23.5. The number of nitro groups is 1. The molecule has 0 radical (unpaired) electrons. The van der Waals surface area contributed by atoms with Crippen LogP contribution in [0.2, 0.25) is 0 Å². The summed E-state index contributed by atoms with van der Waals surface area (Å²) in [5.41, 5.74) is -1.43. The highest BCUT2D eigenvalue weighted by atomic mass is 32.1. The van der Waals surface area contributed by atoms with Gasteiger partial charge in [-0.2, -0.15) is 13.2 Å². The summed E-state index contributed by atoms with van der Waals surface area (Å²) in [6.07, 6.45) is -4.78. The molecule has 0 unspecified atom stereocenters. The molecule has 0 spiro atoms. The van der Waals surface area contributed by atoms with Gasteiger partial charge < -0.3 is 10.1 Å². The molecule has 0 atom stereocenters. The molecule has 0 aliphatic rings. The van der Waals surface area contributed by atoms with E-state index in [1.54, 1.807) is 6.92 Å². The lowest BCUT2D eigenvalue weighted by molar-refractivity contribution is -0.384. The normalized spacial score (nSPS) is 11.1. The maximum atomic E-state index is 12.8. The summed E-state index contributed by atoms with van der Waals surface area (Å²) in [5.74, 6) is -1.77. The Morgan fingerprint density at radius 2 is 1.88 bits per heavy atom. The first-order valence-corrected chi connectivity index (χ1v) is 9.73. The van der Waals surface area contributed by atoms with Gasteiger partial charge in [-0.15, -0.1) is 11.3 Å². The highest BCUT2D eigenvalue weighted by molar-refractivity contribution is 7.17. The van der Waals surface area contributed by atoms with Crippen LogP contribution >= 0.6 is 11.3 Å². The Bertz CT molecular complexity index is 1180. The van der Waals surface area contributed by atoms with Crippen LogP contribution < -0.4 is 5.32 Å². The fourth-order valence-electron chi connectivity index (χ4n) is 2.64. The van der Waals surface area contributed by atoms with Crippen molar-refractivity contribution in [2.45, 2.75) is 13.1 Å². The molecular weight excluding hydrogens is 451 g/mol. The molecule has 166 valence electrons. The lowest BCUT2D eigenvalue weighted by Crippen LogP contribution is -2.21. The molecule has 0 aliphatic heterocycles. The molecule has 3 aromatic rings. The minimum atomic E-state index is -4.78. The summed E-state index contributed by atoms with van der Waals surface area (Å²) in [5, 5.41) is 13.8. The van der Waals surface area contributed by atoms with Crippen molar-refractivity contribution in [3.63, 3.8) is 0 Å². The van der Waals surface area contributed by atoms with Gasteiger partial charge in [0.2, 0.25) is 0 Å². The maximum absolute atomic E-state index is 12.8. The van der Waals surface area contributed by atoms with Crippen molar-refractivity contribution in [2.75, 3.05) is 11.9 Å². The number of aryl methyl sites for hydroxylation is 1. The number of carbonyl (C=O) groups excluding carboxylic acids is 2. The minimum absolute atomic E-state index is 0.178. The van der Waals surface area contributed by atoms with Gasteiger partial charge in [-0.3, -0.25) is 14.9 Å². The zero-order valence-corrected chi connectivity index (χ0v) is 17.1. The molecule has 1 aromatic heterocycles. The van der Waals surface area contributed by atoms with Crippen LogP contribution in [-0.2, 0) is 15.7 Å². The first kappa shape index (κ1) is 22.9. The van der Waals surface area contributed by atoms with Crippen LogP contribution in [0.3, 0.4) is 0 Å². The molecule has 0 aliphatic carbocycles. The second kappa shape index (κ2) is 9.14. The largest absolute Gasteiger partial charge is 0.451 e. The number of hydrogen-bond acceptors (Lipinski definition) is 7. The van der Waals surface area contributed by atoms with Crippen LogP contribution in [0.5, 0.6) is 0 Å². The van der Waals surface area contributed by atoms with E-state index in [0.29, 0.717) is 22.8 Å². The summed E-state index contributed by atoms with van der Waals surface area (Å²) in [4.78, 5) is 38.9. The van der Waals surface area contributed by atoms with Crippen LogP contribution in [0.4, 0.5) is 24.5 Å². The van der Waals surface area contributed by atoms with Crippen molar-refractivity contribution in [3.05, 3.63) is 74.8 Å². The Morgan fingerprint density at radius 3 is 2.50 bits per heavy atom. The second-order valence-electron chi connectivity index (χ2n) is 6.41. The standard InChI is InChI=1S/C20H14F3N3O5S/c1-11-17(32-18(24-11)12-5-3-2-4-6-12)19(28)31-10-16(27)25-14-8-7-13(20(21,22)23)9-15(14)26(29)30/h2-9H,10H2,1H3,(H,25,27). The smallest absolute Gasteiger partial charge is 0.416 e. The van der Waals surface area contributed by atoms with Crippen LogP contribution in [0.15, 0.2) is 48.5 Å². The molecule has 0 saturated heterocycles. The van der Waals surface area contributed by atoms with Crippen LogP contribution in [-0.4, -0.2) is 28.4 Å². The van der Waals surface area contributed by atoms with Crippen molar-refractivity contribution in [3.8, 4) is 10.6 Å². The van der Waals surface area contributed by atoms with Gasteiger partial charge in [-0.25, -0.2) is 9.78 Å². The number of esters is 1. The predicted molar refractivity (Wildman–Crippen MR) is 109 cm³/mol. The van der Waals surface area contributed by atoms with Crippen molar-refractivity contribution >= 4 is 34.6 Å². The Morgan fingerprint density at radius 1 is 1.19 bits per heavy atom. The van der Waals surface area contributed by atoms with E-state index in [-0.39, 0.29) is 4.88 Å². The topological polar surface area (TPSA) is 111 Å². The Kier molecular flexibility index (Phi) is 6.53. The molecule has 1 amide bonds. The van der Waals surface area contributed by atoms with Gasteiger partial charge in [0.05, 0.1) is 16.2 Å². The van der Waals surface area contributed by atoms with E-state index >= 15 is 0 Å². The number of nitro benzene ring substituents is 1. The Hall–Kier alpha value is -3.80. The predicted octanol–water partition coefficient (Wildman–Crippen LogP) is 4.84. The molecule has 0 fully saturated rings. The average Bonchev–Trinajstić information content (AvgIpc) is 3.13. The molecule has 32 heavy (non-hydrogen) atoms. The van der Waals surface area contributed by atoms with E-state index in [1.807, 2.05) is 30.3 Å². The SMILES string of the molecule is Cc1nc(-c2ccccc2)sc1C(=O)OCC(=O)Nc1ccc(C(F)(F)F)cc1[N+](=O)[O-]. The monoisotopic (exact) mass is 465 g/mol. The van der Waals surface area contributed by atoms with Gasteiger partial charge in [-0.05, 0) is 19.1 Å². The number of nitrogens with zero attached hydrogens (tertiary/aromatic N) is 2. The first-order valence-electron chi connectivity index (χ1n) is 8.91. The fourth-order valence-corrected chi connectivity index (χ4v) is 3.60. The molecule has 1 heterocycles. The van der Waals surface area contributed by atoms with Crippen LogP contribution in [0.1, 0.15) is 20.9 Å². The van der Waals surface area contributed by atoms with E-state index in [1.165, 1.54) is 0 Å². The third kappa shape index (κ3) is 5.27. The number of rotatable bonds is 6. The van der Waals surface area contributed by atoms with E-state index in [0.717, 1.165) is 23.0 Å². The Balaban J connectivity index is 1.67. The third-order valence-electron chi connectivity index (χ3n) is 4.13. The number of halogens is 3. The number of benzene rings is 2. The highest BCUT2D eigenvalue weighted by Gasteiger charge is 2.33.